The Labute approximate surface area is 239 Å². The van der Waals surface area contributed by atoms with Gasteiger partial charge in [0, 0.05) is 46.3 Å². The van der Waals surface area contributed by atoms with Gasteiger partial charge in [0.2, 0.25) is 0 Å². The average molecular weight is 529 g/mol. The number of rotatable bonds is 8. The van der Waals surface area contributed by atoms with Crippen LogP contribution in [-0.4, -0.2) is 24.5 Å². The lowest BCUT2D eigenvalue weighted by molar-refractivity contribution is 0.390. The number of aryl methyl sites for hydroxylation is 4. The number of hydrogen-bond acceptors (Lipinski definition) is 4. The van der Waals surface area contributed by atoms with Crippen LogP contribution in [0.2, 0.25) is 0 Å². The molecule has 0 aromatic heterocycles. The molecule has 4 aromatic rings. The van der Waals surface area contributed by atoms with E-state index in [1.807, 2.05) is 12.4 Å². The molecular weight excluding hydrogens is 488 g/mol. The van der Waals surface area contributed by atoms with Crippen molar-refractivity contribution >= 4 is 35.2 Å². The molecule has 4 nitrogen and oxygen atoms in total. The van der Waals surface area contributed by atoms with Crippen LogP contribution < -0.4 is 10.6 Å². The summed E-state index contributed by atoms with van der Waals surface area (Å²) in [7, 11) is 0. The fourth-order valence-corrected chi connectivity index (χ4v) is 5.53. The Morgan fingerprint density at radius 1 is 0.525 bits per heavy atom. The molecule has 0 unspecified atom stereocenters. The standard InChI is InChI=1S/C36H40N4/c1-25-13-11-14-26(2)35(25)39-31-19-7-5-17-29(31)23-37-33-21-9-10-22-34(33)38-24-30-18-6-8-20-32(30)40-36-27(3)15-12-16-28(36)4/h5-8,11-20,23-24,33-34,39-40H,9-10,21-22H2,1-4H3/t33-,34-/m1/s1. The van der Waals surface area contributed by atoms with E-state index in [1.54, 1.807) is 0 Å². The van der Waals surface area contributed by atoms with Crippen LogP contribution >= 0.6 is 0 Å². The van der Waals surface area contributed by atoms with E-state index in [2.05, 4.69) is 123 Å². The van der Waals surface area contributed by atoms with Crippen molar-refractivity contribution in [1.82, 2.24) is 0 Å². The van der Waals surface area contributed by atoms with Gasteiger partial charge in [-0.3, -0.25) is 9.98 Å². The van der Waals surface area contributed by atoms with E-state index in [0.717, 1.165) is 46.7 Å². The molecule has 0 radical (unpaired) electrons. The van der Waals surface area contributed by atoms with Crippen LogP contribution in [0.5, 0.6) is 0 Å². The van der Waals surface area contributed by atoms with Gasteiger partial charge in [-0.05, 0) is 74.9 Å². The minimum atomic E-state index is 0.178. The van der Waals surface area contributed by atoms with Gasteiger partial charge in [-0.25, -0.2) is 0 Å². The molecule has 1 aliphatic carbocycles. The smallest absolute Gasteiger partial charge is 0.0723 e. The highest BCUT2D eigenvalue weighted by Gasteiger charge is 2.23. The van der Waals surface area contributed by atoms with Gasteiger partial charge in [-0.2, -0.15) is 0 Å². The minimum Gasteiger partial charge on any atom is -0.355 e. The summed E-state index contributed by atoms with van der Waals surface area (Å²) in [6.07, 6.45) is 8.61. The summed E-state index contributed by atoms with van der Waals surface area (Å²) in [6, 6.07) is 30.0. The Bertz CT molecular complexity index is 1360. The van der Waals surface area contributed by atoms with Gasteiger partial charge in [-0.1, -0.05) is 85.6 Å². The zero-order chi connectivity index (χ0) is 27.9. The van der Waals surface area contributed by atoms with Gasteiger partial charge in [0.25, 0.3) is 0 Å². The maximum absolute atomic E-state index is 5.11. The predicted molar refractivity (Wildman–Crippen MR) is 173 cm³/mol. The summed E-state index contributed by atoms with van der Waals surface area (Å²) in [5.41, 5.74) is 11.6. The number of benzene rings is 4. The van der Waals surface area contributed by atoms with Crippen molar-refractivity contribution in [2.45, 2.75) is 65.5 Å². The highest BCUT2D eigenvalue weighted by atomic mass is 14.9. The van der Waals surface area contributed by atoms with Crippen molar-refractivity contribution in [2.75, 3.05) is 10.6 Å². The number of anilines is 4. The Balaban J connectivity index is 1.35. The molecule has 0 amide bonds. The van der Waals surface area contributed by atoms with Crippen LogP contribution in [-0.2, 0) is 0 Å². The first-order chi connectivity index (χ1) is 19.5. The molecule has 0 aliphatic heterocycles. The topological polar surface area (TPSA) is 48.8 Å². The van der Waals surface area contributed by atoms with E-state index in [4.69, 9.17) is 9.98 Å². The predicted octanol–water partition coefficient (Wildman–Crippen LogP) is 9.26. The van der Waals surface area contributed by atoms with Crippen molar-refractivity contribution in [1.29, 1.82) is 0 Å². The third-order valence-corrected chi connectivity index (χ3v) is 7.91. The lowest BCUT2D eigenvalue weighted by Gasteiger charge is -2.25. The quantitative estimate of drug-likeness (QED) is 0.224. The van der Waals surface area contributed by atoms with Crippen molar-refractivity contribution in [2.24, 2.45) is 9.98 Å². The fourth-order valence-electron chi connectivity index (χ4n) is 5.53. The Hall–Kier alpha value is -4.18. The van der Waals surface area contributed by atoms with E-state index in [0.29, 0.717) is 0 Å². The molecule has 0 spiro atoms. The molecule has 1 saturated carbocycles. The van der Waals surface area contributed by atoms with Crippen LogP contribution in [0.15, 0.2) is 94.9 Å². The molecule has 5 rings (SSSR count). The average Bonchev–Trinajstić information content (AvgIpc) is 2.96. The molecule has 204 valence electrons. The largest absolute Gasteiger partial charge is 0.355 e. The number of nitrogens with zero attached hydrogens (tertiary/aromatic N) is 2. The van der Waals surface area contributed by atoms with Gasteiger partial charge in [0.05, 0.1) is 12.1 Å². The molecule has 2 atom stereocenters. The summed E-state index contributed by atoms with van der Waals surface area (Å²) in [6.45, 7) is 8.58. The Morgan fingerprint density at radius 2 is 0.900 bits per heavy atom. The Morgan fingerprint density at radius 3 is 1.30 bits per heavy atom. The summed E-state index contributed by atoms with van der Waals surface area (Å²) in [5.74, 6) is 0. The number of aliphatic imine (C=N–C) groups is 2. The van der Waals surface area contributed by atoms with Crippen LogP contribution in [0.25, 0.3) is 0 Å². The van der Waals surface area contributed by atoms with Gasteiger partial charge < -0.3 is 10.6 Å². The maximum Gasteiger partial charge on any atom is 0.0723 e. The second-order valence-electron chi connectivity index (χ2n) is 10.9. The highest BCUT2D eigenvalue weighted by Crippen LogP contribution is 2.29. The van der Waals surface area contributed by atoms with E-state index >= 15 is 0 Å². The van der Waals surface area contributed by atoms with Crippen molar-refractivity contribution in [3.8, 4) is 0 Å². The molecule has 1 fully saturated rings. The lowest BCUT2D eigenvalue weighted by atomic mass is 9.91. The maximum atomic E-state index is 5.11. The minimum absolute atomic E-state index is 0.178. The van der Waals surface area contributed by atoms with Crippen molar-refractivity contribution in [3.05, 3.63) is 118 Å². The molecule has 0 heterocycles. The van der Waals surface area contributed by atoms with Gasteiger partial charge in [0.1, 0.15) is 0 Å². The molecular formula is C36H40N4. The first-order valence-electron chi connectivity index (χ1n) is 14.4. The van der Waals surface area contributed by atoms with Gasteiger partial charge in [-0.15, -0.1) is 0 Å². The zero-order valence-corrected chi connectivity index (χ0v) is 24.1. The monoisotopic (exact) mass is 528 g/mol. The number of para-hydroxylation sites is 4. The van der Waals surface area contributed by atoms with E-state index in [9.17, 15) is 0 Å². The molecule has 4 heteroatoms. The van der Waals surface area contributed by atoms with E-state index in [1.165, 1.54) is 35.1 Å². The Kier molecular flexibility index (Phi) is 8.75. The summed E-state index contributed by atoms with van der Waals surface area (Å²) in [5, 5.41) is 7.32. The van der Waals surface area contributed by atoms with Gasteiger partial charge >= 0.3 is 0 Å². The van der Waals surface area contributed by atoms with E-state index < -0.39 is 0 Å². The SMILES string of the molecule is Cc1cccc(C)c1Nc1ccccc1C=N[C@@H]1CCCC[C@H]1N=Cc1ccccc1Nc1c(C)cccc1C. The molecule has 2 N–H and O–H groups in total. The third-order valence-electron chi connectivity index (χ3n) is 7.91. The first-order valence-corrected chi connectivity index (χ1v) is 14.4. The summed E-state index contributed by atoms with van der Waals surface area (Å²) in [4.78, 5) is 10.2. The molecule has 4 aromatic carbocycles. The molecule has 0 bridgehead atoms. The fraction of sp³-hybridized carbons (Fsp3) is 0.278. The van der Waals surface area contributed by atoms with Crippen LogP contribution in [0, 0.1) is 27.7 Å². The number of hydrogen-bond donors (Lipinski definition) is 2. The zero-order valence-electron chi connectivity index (χ0n) is 24.1. The highest BCUT2D eigenvalue weighted by molar-refractivity contribution is 5.91. The summed E-state index contributed by atoms with van der Waals surface area (Å²) < 4.78 is 0. The van der Waals surface area contributed by atoms with Crippen LogP contribution in [0.3, 0.4) is 0 Å². The van der Waals surface area contributed by atoms with Crippen molar-refractivity contribution < 1.29 is 0 Å². The van der Waals surface area contributed by atoms with Crippen molar-refractivity contribution in [3.63, 3.8) is 0 Å². The van der Waals surface area contributed by atoms with Crippen LogP contribution in [0.4, 0.5) is 22.7 Å². The molecule has 1 aliphatic rings. The first kappa shape index (κ1) is 27.4. The van der Waals surface area contributed by atoms with Crippen LogP contribution in [0.1, 0.15) is 59.1 Å². The lowest BCUT2D eigenvalue weighted by Crippen LogP contribution is -2.27. The second kappa shape index (κ2) is 12.8. The second-order valence-corrected chi connectivity index (χ2v) is 10.9. The third kappa shape index (κ3) is 6.51. The molecule has 40 heavy (non-hydrogen) atoms. The van der Waals surface area contributed by atoms with Gasteiger partial charge in [0.15, 0.2) is 0 Å². The van der Waals surface area contributed by atoms with E-state index in [-0.39, 0.29) is 12.1 Å². The summed E-state index contributed by atoms with van der Waals surface area (Å²) >= 11 is 0. The normalized spacial score (nSPS) is 17.4. The number of nitrogens with one attached hydrogen (secondary N) is 2. The molecule has 0 saturated heterocycles.